The first kappa shape index (κ1) is 18.8. The lowest BCUT2D eigenvalue weighted by Gasteiger charge is -2.19. The molecule has 0 atom stereocenters. The Morgan fingerprint density at radius 2 is 1.84 bits per heavy atom. The van der Waals surface area contributed by atoms with Gasteiger partial charge >= 0.3 is 6.09 Å². The number of nitrogens with one attached hydrogen (secondary N) is 1. The molecule has 0 saturated heterocycles. The van der Waals surface area contributed by atoms with Crippen LogP contribution in [0.2, 0.25) is 0 Å². The molecule has 1 amide bonds. The summed E-state index contributed by atoms with van der Waals surface area (Å²) >= 11 is 0. The van der Waals surface area contributed by atoms with Crippen molar-refractivity contribution in [3.05, 3.63) is 59.9 Å². The van der Waals surface area contributed by atoms with E-state index in [0.717, 1.165) is 29.8 Å². The Balaban J connectivity index is 1.68. The maximum Gasteiger partial charge on any atom is 0.407 e. The molecule has 0 unspecified atom stereocenters. The second-order valence-electron chi connectivity index (χ2n) is 6.74. The molecule has 0 radical (unpaired) electrons. The Labute approximate surface area is 149 Å². The largest absolute Gasteiger partial charge is 0.493 e. The van der Waals surface area contributed by atoms with Gasteiger partial charge in [-0.15, -0.1) is 0 Å². The molecule has 0 saturated carbocycles. The van der Waals surface area contributed by atoms with Crippen molar-refractivity contribution in [1.29, 1.82) is 0 Å². The zero-order valence-electron chi connectivity index (χ0n) is 15.1. The number of hydrogen-bond donors (Lipinski definition) is 1. The van der Waals surface area contributed by atoms with Gasteiger partial charge in [-0.1, -0.05) is 18.2 Å². The summed E-state index contributed by atoms with van der Waals surface area (Å²) in [6.45, 7) is 6.67. The molecule has 0 bridgehead atoms. The summed E-state index contributed by atoms with van der Waals surface area (Å²) in [6.07, 6.45) is 2.92. The van der Waals surface area contributed by atoms with Gasteiger partial charge in [-0.25, -0.2) is 4.79 Å². The van der Waals surface area contributed by atoms with E-state index in [-0.39, 0.29) is 6.09 Å². The van der Waals surface area contributed by atoms with E-state index in [9.17, 15) is 4.79 Å². The Hall–Kier alpha value is -2.56. The van der Waals surface area contributed by atoms with Crippen molar-refractivity contribution in [3.63, 3.8) is 0 Å². The molecule has 0 spiro atoms. The second kappa shape index (κ2) is 9.06. The molecule has 5 nitrogen and oxygen atoms in total. The molecule has 1 aromatic heterocycles. The van der Waals surface area contributed by atoms with Crippen LogP contribution in [0.4, 0.5) is 4.79 Å². The lowest BCUT2D eigenvalue weighted by atomic mass is 10.1. The smallest absolute Gasteiger partial charge is 0.407 e. The average molecular weight is 342 g/mol. The number of hydrogen-bond acceptors (Lipinski definition) is 4. The molecular weight excluding hydrogens is 316 g/mol. The van der Waals surface area contributed by atoms with Crippen LogP contribution in [0.3, 0.4) is 0 Å². The number of ether oxygens (including phenoxy) is 2. The Morgan fingerprint density at radius 1 is 1.08 bits per heavy atom. The highest BCUT2D eigenvalue weighted by Crippen LogP contribution is 2.13. The number of pyridine rings is 1. The summed E-state index contributed by atoms with van der Waals surface area (Å²) in [5.41, 5.74) is 1.68. The fourth-order valence-corrected chi connectivity index (χ4v) is 2.19. The van der Waals surface area contributed by atoms with E-state index in [1.165, 1.54) is 0 Å². The first-order valence-corrected chi connectivity index (χ1v) is 8.51. The third-order valence-electron chi connectivity index (χ3n) is 3.36. The van der Waals surface area contributed by atoms with Crippen molar-refractivity contribution >= 4 is 6.09 Å². The van der Waals surface area contributed by atoms with Crippen LogP contribution in [0.5, 0.6) is 5.75 Å². The summed E-state index contributed by atoms with van der Waals surface area (Å²) in [7, 11) is 0. The van der Waals surface area contributed by atoms with E-state index in [2.05, 4.69) is 10.3 Å². The van der Waals surface area contributed by atoms with Crippen molar-refractivity contribution in [2.75, 3.05) is 13.2 Å². The topological polar surface area (TPSA) is 60.5 Å². The maximum atomic E-state index is 11.6. The molecule has 0 aliphatic heterocycles. The van der Waals surface area contributed by atoms with E-state index < -0.39 is 5.60 Å². The van der Waals surface area contributed by atoms with Crippen LogP contribution in [0.15, 0.2) is 48.7 Å². The Kier molecular flexibility index (Phi) is 6.81. The number of rotatable bonds is 7. The molecule has 25 heavy (non-hydrogen) atoms. The number of alkyl carbamates (subject to hydrolysis) is 1. The van der Waals surface area contributed by atoms with Gasteiger partial charge in [0, 0.05) is 24.9 Å². The summed E-state index contributed by atoms with van der Waals surface area (Å²) in [4.78, 5) is 15.8. The summed E-state index contributed by atoms with van der Waals surface area (Å²) in [5, 5.41) is 2.76. The summed E-state index contributed by atoms with van der Waals surface area (Å²) in [6, 6.07) is 13.8. The number of carbonyl (C=O) groups is 1. The minimum Gasteiger partial charge on any atom is -0.493 e. The van der Waals surface area contributed by atoms with E-state index in [4.69, 9.17) is 9.47 Å². The van der Waals surface area contributed by atoms with Gasteiger partial charge < -0.3 is 14.8 Å². The third kappa shape index (κ3) is 7.70. The number of nitrogens with zero attached hydrogens (tertiary/aromatic N) is 1. The summed E-state index contributed by atoms with van der Waals surface area (Å²) in [5.74, 6) is 0.833. The first-order valence-electron chi connectivity index (χ1n) is 8.51. The monoisotopic (exact) mass is 342 g/mol. The van der Waals surface area contributed by atoms with Gasteiger partial charge in [-0.2, -0.15) is 0 Å². The quantitative estimate of drug-likeness (QED) is 0.832. The SMILES string of the molecule is CC(C)(C)OC(=O)NCCc1ccc(OCCc2ccccn2)cc1. The molecule has 0 aliphatic rings. The van der Waals surface area contributed by atoms with Gasteiger partial charge in [0.15, 0.2) is 0 Å². The zero-order valence-corrected chi connectivity index (χ0v) is 15.1. The van der Waals surface area contributed by atoms with Crippen LogP contribution in [0.25, 0.3) is 0 Å². The number of carbonyl (C=O) groups excluding carboxylic acids is 1. The molecule has 1 N–H and O–H groups in total. The minimum atomic E-state index is -0.474. The van der Waals surface area contributed by atoms with Crippen LogP contribution >= 0.6 is 0 Å². The highest BCUT2D eigenvalue weighted by atomic mass is 16.6. The third-order valence-corrected chi connectivity index (χ3v) is 3.36. The van der Waals surface area contributed by atoms with Gasteiger partial charge in [-0.3, -0.25) is 4.98 Å². The lowest BCUT2D eigenvalue weighted by Crippen LogP contribution is -2.33. The number of benzene rings is 1. The van der Waals surface area contributed by atoms with Crippen LogP contribution in [0.1, 0.15) is 32.0 Å². The second-order valence-corrected chi connectivity index (χ2v) is 6.74. The standard InChI is InChI=1S/C20H26N2O3/c1-20(2,3)25-19(23)22-14-11-16-7-9-18(10-8-16)24-15-12-17-6-4-5-13-21-17/h4-10,13H,11-12,14-15H2,1-3H3,(H,22,23). The fraction of sp³-hybridized carbons (Fsp3) is 0.400. The fourth-order valence-electron chi connectivity index (χ4n) is 2.19. The van der Waals surface area contributed by atoms with Crippen molar-refractivity contribution in [2.24, 2.45) is 0 Å². The Bertz CT molecular complexity index is 649. The first-order chi connectivity index (χ1) is 11.9. The molecule has 1 heterocycles. The van der Waals surface area contributed by atoms with Crippen molar-refractivity contribution in [3.8, 4) is 5.75 Å². The molecule has 134 valence electrons. The van der Waals surface area contributed by atoms with Gasteiger partial charge in [0.1, 0.15) is 11.4 Å². The van der Waals surface area contributed by atoms with Crippen LogP contribution in [-0.2, 0) is 17.6 Å². The predicted octanol–water partition coefficient (Wildman–Crippen LogP) is 3.77. The van der Waals surface area contributed by atoms with Crippen molar-refractivity contribution < 1.29 is 14.3 Å². The molecular formula is C20H26N2O3. The maximum absolute atomic E-state index is 11.6. The molecule has 5 heteroatoms. The number of aromatic nitrogens is 1. The molecule has 2 rings (SSSR count). The molecule has 2 aromatic rings. The highest BCUT2D eigenvalue weighted by molar-refractivity contribution is 5.67. The van der Waals surface area contributed by atoms with E-state index in [0.29, 0.717) is 13.2 Å². The molecule has 0 aliphatic carbocycles. The van der Waals surface area contributed by atoms with Crippen LogP contribution in [-0.4, -0.2) is 29.8 Å². The average Bonchev–Trinajstić information content (AvgIpc) is 2.56. The van der Waals surface area contributed by atoms with Crippen molar-refractivity contribution in [2.45, 2.75) is 39.2 Å². The highest BCUT2D eigenvalue weighted by Gasteiger charge is 2.15. The van der Waals surface area contributed by atoms with E-state index >= 15 is 0 Å². The van der Waals surface area contributed by atoms with Gasteiger partial charge in [-0.05, 0) is 57.0 Å². The zero-order chi connectivity index (χ0) is 18.1. The van der Waals surface area contributed by atoms with Crippen LogP contribution in [0, 0.1) is 0 Å². The number of amides is 1. The molecule has 0 fully saturated rings. The lowest BCUT2D eigenvalue weighted by molar-refractivity contribution is 0.0528. The van der Waals surface area contributed by atoms with Crippen molar-refractivity contribution in [1.82, 2.24) is 10.3 Å². The Morgan fingerprint density at radius 3 is 2.48 bits per heavy atom. The normalized spacial score (nSPS) is 11.0. The summed E-state index contributed by atoms with van der Waals surface area (Å²) < 4.78 is 10.9. The van der Waals surface area contributed by atoms with Gasteiger partial charge in [0.25, 0.3) is 0 Å². The van der Waals surface area contributed by atoms with Crippen LogP contribution < -0.4 is 10.1 Å². The molecule has 1 aromatic carbocycles. The minimum absolute atomic E-state index is 0.387. The van der Waals surface area contributed by atoms with E-state index in [1.807, 2.05) is 63.2 Å². The van der Waals surface area contributed by atoms with Gasteiger partial charge in [0.05, 0.1) is 6.61 Å². The van der Waals surface area contributed by atoms with Gasteiger partial charge in [0.2, 0.25) is 0 Å². The predicted molar refractivity (Wildman–Crippen MR) is 97.8 cm³/mol. The van der Waals surface area contributed by atoms with E-state index in [1.54, 1.807) is 6.20 Å².